The molecule has 0 aliphatic carbocycles. The number of hydrogen-bond acceptors (Lipinski definition) is 5. The summed E-state index contributed by atoms with van der Waals surface area (Å²) < 4.78 is 6.58. The van der Waals surface area contributed by atoms with Gasteiger partial charge < -0.3 is 4.74 Å². The van der Waals surface area contributed by atoms with Crippen LogP contribution in [0.15, 0.2) is 79.1 Å². The first kappa shape index (κ1) is 18.3. The Kier molecular flexibility index (Phi) is 4.75. The van der Waals surface area contributed by atoms with Gasteiger partial charge in [0.25, 0.3) is 0 Å². The topological polar surface area (TPSA) is 91.8 Å². The van der Waals surface area contributed by atoms with E-state index in [1.165, 1.54) is 11.5 Å². The number of nitrogens with one attached hydrogen (secondary N) is 2. The average molecular weight is 382 g/mol. The summed E-state index contributed by atoms with van der Waals surface area (Å²) in [5.41, 5.74) is 3.45. The van der Waals surface area contributed by atoms with Crippen LogP contribution in [0.25, 0.3) is 22.0 Å². The number of aromatic nitrogens is 2. The molecule has 0 radical (unpaired) electrons. The molecule has 0 aliphatic rings. The number of fused-ring (bicyclic) bond motifs is 1. The molecule has 4 aromatic rings. The number of carbonyl (C=O) groups excluding carboxylic acids is 1. The fourth-order valence-corrected chi connectivity index (χ4v) is 3.19. The van der Waals surface area contributed by atoms with E-state index in [9.17, 15) is 4.79 Å². The highest BCUT2D eigenvalue weighted by atomic mass is 16.5. The van der Waals surface area contributed by atoms with Crippen LogP contribution < -0.4 is 10.2 Å². The van der Waals surface area contributed by atoms with E-state index >= 15 is 0 Å². The normalized spacial score (nSPS) is 10.7. The predicted molar refractivity (Wildman–Crippen MR) is 111 cm³/mol. The van der Waals surface area contributed by atoms with Crippen LogP contribution in [0.3, 0.4) is 0 Å². The maximum Gasteiger partial charge on any atom is 0.308 e. The summed E-state index contributed by atoms with van der Waals surface area (Å²) in [4.78, 5) is 15.4. The first-order valence-corrected chi connectivity index (χ1v) is 9.02. The van der Waals surface area contributed by atoms with Gasteiger partial charge in [0.2, 0.25) is 0 Å². The molecule has 0 aliphatic heterocycles. The Morgan fingerprint density at radius 2 is 1.76 bits per heavy atom. The van der Waals surface area contributed by atoms with E-state index in [4.69, 9.17) is 15.6 Å². The molecular weight excluding hydrogens is 364 g/mol. The van der Waals surface area contributed by atoms with E-state index in [1.54, 1.807) is 36.7 Å². The number of pyridine rings is 2. The van der Waals surface area contributed by atoms with Crippen LogP contribution >= 0.6 is 0 Å². The SMILES string of the molecule is CC(=O)Oc1ccc(-c2ccn(C(=N)c3ccnc4ccccc34)c(=N)c2)cc1. The number of para-hydroxylation sites is 1. The van der Waals surface area contributed by atoms with Gasteiger partial charge in [0.15, 0.2) is 0 Å². The second kappa shape index (κ2) is 7.52. The maximum atomic E-state index is 11.0. The van der Waals surface area contributed by atoms with Crippen molar-refractivity contribution in [3.63, 3.8) is 0 Å². The van der Waals surface area contributed by atoms with Gasteiger partial charge in [-0.15, -0.1) is 0 Å². The molecule has 29 heavy (non-hydrogen) atoms. The van der Waals surface area contributed by atoms with Gasteiger partial charge in [-0.2, -0.15) is 0 Å². The van der Waals surface area contributed by atoms with Crippen LogP contribution in [0, 0.1) is 10.8 Å². The molecule has 2 N–H and O–H groups in total. The fourth-order valence-electron chi connectivity index (χ4n) is 3.19. The first-order valence-electron chi connectivity index (χ1n) is 9.02. The van der Waals surface area contributed by atoms with E-state index in [2.05, 4.69) is 4.98 Å². The molecule has 6 heteroatoms. The minimum absolute atomic E-state index is 0.192. The largest absolute Gasteiger partial charge is 0.427 e. The molecule has 0 bridgehead atoms. The van der Waals surface area contributed by atoms with Crippen LogP contribution in [0.5, 0.6) is 5.75 Å². The van der Waals surface area contributed by atoms with Gasteiger partial charge in [0.1, 0.15) is 17.1 Å². The molecule has 0 unspecified atom stereocenters. The van der Waals surface area contributed by atoms with Crippen LogP contribution in [-0.2, 0) is 4.79 Å². The van der Waals surface area contributed by atoms with Gasteiger partial charge >= 0.3 is 5.97 Å². The first-order chi connectivity index (χ1) is 14.0. The number of ether oxygens (including phenoxy) is 1. The van der Waals surface area contributed by atoms with Crippen molar-refractivity contribution in [2.75, 3.05) is 0 Å². The van der Waals surface area contributed by atoms with Crippen molar-refractivity contribution >= 4 is 22.7 Å². The monoisotopic (exact) mass is 382 g/mol. The standard InChI is InChI=1S/C23H18N4O2/c1-15(28)29-18-8-6-16(7-9-18)17-11-13-27(22(24)14-17)23(25)20-10-12-26-21-5-3-2-4-19(20)21/h2-14,24-25H,1H3. The Morgan fingerprint density at radius 1 is 1.00 bits per heavy atom. The second-order valence-electron chi connectivity index (χ2n) is 6.51. The van der Waals surface area contributed by atoms with Gasteiger partial charge in [-0.25, -0.2) is 0 Å². The summed E-state index contributed by atoms with van der Waals surface area (Å²) in [6.07, 6.45) is 3.39. The minimum Gasteiger partial charge on any atom is -0.427 e. The summed E-state index contributed by atoms with van der Waals surface area (Å²) in [5.74, 6) is 0.323. The highest BCUT2D eigenvalue weighted by molar-refractivity contribution is 6.08. The van der Waals surface area contributed by atoms with Crippen molar-refractivity contribution in [2.45, 2.75) is 6.92 Å². The molecule has 2 aromatic heterocycles. The number of carbonyl (C=O) groups is 1. The van der Waals surface area contributed by atoms with E-state index in [-0.39, 0.29) is 17.3 Å². The Hall–Kier alpha value is -4.06. The number of hydrogen-bond donors (Lipinski definition) is 2. The van der Waals surface area contributed by atoms with Crippen LogP contribution in [-0.4, -0.2) is 21.4 Å². The van der Waals surface area contributed by atoms with E-state index < -0.39 is 0 Å². The molecule has 142 valence electrons. The van der Waals surface area contributed by atoms with Crippen molar-refractivity contribution in [1.29, 1.82) is 10.8 Å². The van der Waals surface area contributed by atoms with Gasteiger partial charge in [0.05, 0.1) is 5.52 Å². The highest BCUT2D eigenvalue weighted by Crippen LogP contribution is 2.22. The van der Waals surface area contributed by atoms with Gasteiger partial charge in [0, 0.05) is 30.3 Å². The summed E-state index contributed by atoms with van der Waals surface area (Å²) in [6.45, 7) is 1.36. The van der Waals surface area contributed by atoms with Crippen molar-refractivity contribution in [1.82, 2.24) is 9.55 Å². The lowest BCUT2D eigenvalue weighted by atomic mass is 10.1. The van der Waals surface area contributed by atoms with Crippen LogP contribution in [0.4, 0.5) is 0 Å². The summed E-state index contributed by atoms with van der Waals surface area (Å²) in [6, 6.07) is 20.1. The third-order valence-corrected chi connectivity index (χ3v) is 4.55. The fraction of sp³-hybridized carbons (Fsp3) is 0.0435. The van der Waals surface area contributed by atoms with E-state index in [0.717, 1.165) is 22.0 Å². The Balaban J connectivity index is 1.67. The average Bonchev–Trinajstić information content (AvgIpc) is 2.73. The number of rotatable bonds is 3. The Morgan fingerprint density at radius 3 is 2.48 bits per heavy atom. The molecule has 4 rings (SSSR count). The van der Waals surface area contributed by atoms with Gasteiger partial charge in [-0.1, -0.05) is 30.3 Å². The molecule has 6 nitrogen and oxygen atoms in total. The third-order valence-electron chi connectivity index (χ3n) is 4.55. The van der Waals surface area contributed by atoms with Crippen molar-refractivity contribution in [3.8, 4) is 16.9 Å². The molecule has 0 fully saturated rings. The molecule has 0 spiro atoms. The zero-order chi connectivity index (χ0) is 20.4. The van der Waals surface area contributed by atoms with Gasteiger partial charge in [-0.05, 0) is 47.5 Å². The lowest BCUT2D eigenvalue weighted by molar-refractivity contribution is -0.131. The highest BCUT2D eigenvalue weighted by Gasteiger charge is 2.10. The zero-order valence-corrected chi connectivity index (χ0v) is 15.7. The molecule has 0 atom stereocenters. The molecule has 0 amide bonds. The van der Waals surface area contributed by atoms with Crippen molar-refractivity contribution < 1.29 is 9.53 Å². The molecule has 0 saturated carbocycles. The molecule has 0 saturated heterocycles. The summed E-state index contributed by atoms with van der Waals surface area (Å²) in [7, 11) is 0. The zero-order valence-electron chi connectivity index (χ0n) is 15.7. The Bertz CT molecular complexity index is 1290. The van der Waals surface area contributed by atoms with E-state index in [0.29, 0.717) is 11.3 Å². The minimum atomic E-state index is -0.367. The maximum absolute atomic E-state index is 11.0. The summed E-state index contributed by atoms with van der Waals surface area (Å²) >= 11 is 0. The second-order valence-corrected chi connectivity index (χ2v) is 6.51. The molecule has 2 aromatic carbocycles. The predicted octanol–water partition coefficient (Wildman–Crippen LogP) is 3.98. The lowest BCUT2D eigenvalue weighted by Crippen LogP contribution is -2.26. The van der Waals surface area contributed by atoms with Crippen LogP contribution in [0.1, 0.15) is 12.5 Å². The van der Waals surface area contributed by atoms with Crippen LogP contribution in [0.2, 0.25) is 0 Å². The quantitative estimate of drug-likeness (QED) is 0.243. The Labute approximate surface area is 167 Å². The van der Waals surface area contributed by atoms with E-state index in [1.807, 2.05) is 42.5 Å². The number of benzene rings is 2. The molecular formula is C23H18N4O2. The lowest BCUT2D eigenvalue weighted by Gasteiger charge is -2.12. The van der Waals surface area contributed by atoms with Gasteiger partial charge in [-0.3, -0.25) is 25.2 Å². The smallest absolute Gasteiger partial charge is 0.308 e. The summed E-state index contributed by atoms with van der Waals surface area (Å²) in [5, 5.41) is 17.9. The number of nitrogens with zero attached hydrogens (tertiary/aromatic N) is 2. The third kappa shape index (κ3) is 3.68. The molecule has 2 heterocycles. The number of esters is 1. The van der Waals surface area contributed by atoms with Crippen molar-refractivity contribution in [2.24, 2.45) is 0 Å². The van der Waals surface area contributed by atoms with Crippen molar-refractivity contribution in [3.05, 3.63) is 90.2 Å².